The highest BCUT2D eigenvalue weighted by Gasteiger charge is 2.23. The molecule has 0 bridgehead atoms. The molecule has 44 heavy (non-hydrogen) atoms. The molecule has 0 spiro atoms. The van der Waals surface area contributed by atoms with E-state index in [1.807, 2.05) is 0 Å². The molecular formula is C32H30ClFN6O4. The van der Waals surface area contributed by atoms with Crippen molar-refractivity contribution in [1.29, 1.82) is 0 Å². The third-order valence-electron chi connectivity index (χ3n) is 6.81. The smallest absolute Gasteiger partial charge is 0.284 e. The number of hydrogen-bond acceptors (Lipinski definition) is 7. The van der Waals surface area contributed by atoms with Gasteiger partial charge in [-0.05, 0) is 63.2 Å². The predicted octanol–water partition coefficient (Wildman–Crippen LogP) is 5.39. The molecule has 0 saturated heterocycles. The summed E-state index contributed by atoms with van der Waals surface area (Å²) < 4.78 is 22.9. The first-order valence-corrected chi connectivity index (χ1v) is 13.9. The molecule has 0 fully saturated rings. The van der Waals surface area contributed by atoms with Gasteiger partial charge >= 0.3 is 0 Å². The number of carbonyl (C=O) groups is 1. The molecule has 0 radical (unpaired) electrons. The second-order valence-electron chi connectivity index (χ2n) is 10.9. The lowest BCUT2D eigenvalue weighted by Crippen LogP contribution is -2.27. The monoisotopic (exact) mass is 616 g/mol. The van der Waals surface area contributed by atoms with Gasteiger partial charge in [0.15, 0.2) is 0 Å². The van der Waals surface area contributed by atoms with Gasteiger partial charge < -0.3 is 20.9 Å². The van der Waals surface area contributed by atoms with Gasteiger partial charge in [0.1, 0.15) is 35.2 Å². The minimum absolute atomic E-state index is 0.000332. The molecule has 5 aromatic rings. The average molecular weight is 617 g/mol. The maximum atomic E-state index is 14.4. The highest BCUT2D eigenvalue weighted by atomic mass is 35.5. The number of benzene rings is 3. The first-order valence-electron chi connectivity index (χ1n) is 13.6. The lowest BCUT2D eigenvalue weighted by molar-refractivity contribution is 0.0284. The van der Waals surface area contributed by atoms with Crippen LogP contribution >= 0.6 is 11.6 Å². The average Bonchev–Trinajstić information content (AvgIpc) is 3.19. The number of nitrogens with two attached hydrogens (primary N) is 1. The number of carbonyl (C=O) groups excluding carboxylic acids is 1. The SMILES string of the molecule is Cc1c(C(=O)Nc2ccc(-c3nc(-c4cc(F)cc(OCC(C)(C)O)c4)cnc3N)cc2)c(=O)n(-c2cccc(Cl)c2)n1C. The third-order valence-corrected chi connectivity index (χ3v) is 7.04. The third kappa shape index (κ3) is 6.48. The zero-order valence-electron chi connectivity index (χ0n) is 24.4. The van der Waals surface area contributed by atoms with Crippen molar-refractivity contribution in [1.82, 2.24) is 19.3 Å². The Morgan fingerprint density at radius 2 is 1.84 bits per heavy atom. The molecule has 0 saturated carbocycles. The number of nitrogens with one attached hydrogen (secondary N) is 1. The summed E-state index contributed by atoms with van der Waals surface area (Å²) in [5.74, 6) is -0.717. The largest absolute Gasteiger partial charge is 0.490 e. The Kier molecular flexibility index (Phi) is 8.27. The minimum atomic E-state index is -1.09. The summed E-state index contributed by atoms with van der Waals surface area (Å²) in [6, 6.07) is 17.6. The fraction of sp³-hybridized carbons (Fsp3) is 0.188. The van der Waals surface area contributed by atoms with E-state index in [-0.39, 0.29) is 23.7 Å². The summed E-state index contributed by atoms with van der Waals surface area (Å²) >= 11 is 6.11. The van der Waals surface area contributed by atoms with Crippen LogP contribution in [-0.2, 0) is 7.05 Å². The van der Waals surface area contributed by atoms with E-state index >= 15 is 0 Å². The van der Waals surface area contributed by atoms with E-state index in [4.69, 9.17) is 22.1 Å². The Labute approximate surface area is 257 Å². The van der Waals surface area contributed by atoms with Crippen molar-refractivity contribution in [2.75, 3.05) is 17.7 Å². The van der Waals surface area contributed by atoms with Crippen LogP contribution in [0.4, 0.5) is 15.9 Å². The first kappa shape index (κ1) is 30.5. The Morgan fingerprint density at radius 1 is 1.11 bits per heavy atom. The summed E-state index contributed by atoms with van der Waals surface area (Å²) in [4.78, 5) is 35.3. The van der Waals surface area contributed by atoms with Crippen molar-refractivity contribution >= 4 is 29.0 Å². The van der Waals surface area contributed by atoms with E-state index in [1.54, 1.807) is 87.1 Å². The molecule has 10 nitrogen and oxygen atoms in total. The fourth-order valence-corrected chi connectivity index (χ4v) is 4.76. The number of nitrogens with zero attached hydrogens (tertiary/aromatic N) is 4. The van der Waals surface area contributed by atoms with E-state index in [0.29, 0.717) is 44.6 Å². The van der Waals surface area contributed by atoms with Gasteiger partial charge in [0.05, 0.1) is 28.9 Å². The number of amides is 1. The van der Waals surface area contributed by atoms with Crippen LogP contribution in [0.2, 0.25) is 5.02 Å². The molecule has 2 heterocycles. The van der Waals surface area contributed by atoms with Crippen molar-refractivity contribution in [2.45, 2.75) is 26.4 Å². The fourth-order valence-electron chi connectivity index (χ4n) is 4.58. The van der Waals surface area contributed by atoms with Crippen molar-refractivity contribution in [2.24, 2.45) is 7.05 Å². The van der Waals surface area contributed by atoms with Gasteiger partial charge in [0.2, 0.25) is 0 Å². The Morgan fingerprint density at radius 3 is 2.52 bits per heavy atom. The predicted molar refractivity (Wildman–Crippen MR) is 168 cm³/mol. The lowest BCUT2D eigenvalue weighted by Gasteiger charge is -2.18. The van der Waals surface area contributed by atoms with Gasteiger partial charge in [-0.2, -0.15) is 0 Å². The molecule has 0 atom stereocenters. The second kappa shape index (κ2) is 11.9. The molecule has 2 aromatic heterocycles. The number of ether oxygens (including phenoxy) is 1. The first-order chi connectivity index (χ1) is 20.8. The van der Waals surface area contributed by atoms with Crippen molar-refractivity contribution in [3.05, 3.63) is 105 Å². The maximum absolute atomic E-state index is 14.4. The molecule has 0 aliphatic rings. The molecule has 12 heteroatoms. The summed E-state index contributed by atoms with van der Waals surface area (Å²) in [5.41, 5.74) is 7.75. The van der Waals surface area contributed by atoms with E-state index in [9.17, 15) is 19.1 Å². The van der Waals surface area contributed by atoms with Gasteiger partial charge in [-0.1, -0.05) is 29.8 Å². The molecule has 5 rings (SSSR count). The molecule has 226 valence electrons. The van der Waals surface area contributed by atoms with Crippen molar-refractivity contribution in [3.8, 4) is 34.0 Å². The van der Waals surface area contributed by atoms with E-state index in [2.05, 4.69) is 15.3 Å². The molecule has 0 aliphatic heterocycles. The summed E-state index contributed by atoms with van der Waals surface area (Å²) in [6.07, 6.45) is 1.43. The molecule has 0 unspecified atom stereocenters. The summed E-state index contributed by atoms with van der Waals surface area (Å²) in [5, 5.41) is 13.2. The Bertz CT molecular complexity index is 1930. The van der Waals surface area contributed by atoms with Crippen LogP contribution in [-0.4, -0.2) is 42.6 Å². The minimum Gasteiger partial charge on any atom is -0.490 e. The van der Waals surface area contributed by atoms with Crippen LogP contribution in [0.15, 0.2) is 77.7 Å². The highest BCUT2D eigenvalue weighted by molar-refractivity contribution is 6.30. The van der Waals surface area contributed by atoms with Crippen LogP contribution in [0.3, 0.4) is 0 Å². The van der Waals surface area contributed by atoms with Crippen LogP contribution in [0.5, 0.6) is 5.75 Å². The van der Waals surface area contributed by atoms with Crippen LogP contribution in [0.25, 0.3) is 28.2 Å². The highest BCUT2D eigenvalue weighted by Crippen LogP contribution is 2.30. The zero-order valence-corrected chi connectivity index (χ0v) is 25.2. The van der Waals surface area contributed by atoms with E-state index in [1.165, 1.54) is 23.0 Å². The zero-order chi connectivity index (χ0) is 31.8. The van der Waals surface area contributed by atoms with Gasteiger partial charge in [0, 0.05) is 35.0 Å². The Balaban J connectivity index is 1.38. The summed E-state index contributed by atoms with van der Waals surface area (Å²) in [6.45, 7) is 4.83. The number of aromatic nitrogens is 4. The normalized spacial score (nSPS) is 11.4. The topological polar surface area (TPSA) is 137 Å². The van der Waals surface area contributed by atoms with Crippen molar-refractivity contribution in [3.63, 3.8) is 0 Å². The van der Waals surface area contributed by atoms with Gasteiger partial charge in [0.25, 0.3) is 11.5 Å². The number of anilines is 2. The van der Waals surface area contributed by atoms with E-state index in [0.717, 1.165) is 0 Å². The molecule has 4 N–H and O–H groups in total. The maximum Gasteiger partial charge on any atom is 0.284 e. The van der Waals surface area contributed by atoms with Gasteiger partial charge in [-0.3, -0.25) is 14.3 Å². The number of hydrogen-bond donors (Lipinski definition) is 3. The molecular weight excluding hydrogens is 587 g/mol. The molecule has 1 amide bonds. The van der Waals surface area contributed by atoms with Crippen LogP contribution in [0.1, 0.15) is 29.9 Å². The Hall–Kier alpha value is -5.00. The standard InChI is InChI=1S/C32H30ClFN6O4/c1-18-27(31(42)40(39(18)4)24-7-5-6-21(33)14-24)30(41)37-23-10-8-19(9-11-23)28-29(35)36-16-26(38-28)20-12-22(34)15-25(13-20)44-17-32(2,3)43/h5-16,43H,17H2,1-4H3,(H2,35,36)(H,37,41). The van der Waals surface area contributed by atoms with Gasteiger partial charge in [-0.25, -0.2) is 19.0 Å². The number of nitrogen functional groups attached to an aromatic ring is 1. The van der Waals surface area contributed by atoms with E-state index < -0.39 is 22.9 Å². The number of rotatable bonds is 8. The summed E-state index contributed by atoms with van der Waals surface area (Å²) in [7, 11) is 1.69. The number of halogens is 2. The molecule has 3 aromatic carbocycles. The quantitative estimate of drug-likeness (QED) is 0.213. The van der Waals surface area contributed by atoms with Gasteiger partial charge in [-0.15, -0.1) is 0 Å². The number of aliphatic hydroxyl groups is 1. The lowest BCUT2D eigenvalue weighted by atomic mass is 10.1. The van der Waals surface area contributed by atoms with Crippen LogP contribution < -0.4 is 21.3 Å². The second-order valence-corrected chi connectivity index (χ2v) is 11.3. The molecule has 0 aliphatic carbocycles. The van der Waals surface area contributed by atoms with Crippen molar-refractivity contribution < 1.29 is 19.0 Å². The van der Waals surface area contributed by atoms with Crippen LogP contribution in [0, 0.1) is 12.7 Å².